The van der Waals surface area contributed by atoms with Crippen molar-refractivity contribution < 1.29 is 4.74 Å². The third kappa shape index (κ3) is 20.0. The van der Waals surface area contributed by atoms with E-state index >= 15 is 0 Å². The minimum Gasteiger partial charge on any atom is -0.381 e. The van der Waals surface area contributed by atoms with Gasteiger partial charge in [0.2, 0.25) is 0 Å². The zero-order chi connectivity index (χ0) is 15.6. The lowest BCUT2D eigenvalue weighted by atomic mass is 10.0. The van der Waals surface area contributed by atoms with E-state index < -0.39 is 0 Å². The van der Waals surface area contributed by atoms with E-state index in [1.165, 1.54) is 83.5 Å². The summed E-state index contributed by atoms with van der Waals surface area (Å²) in [4.78, 5) is 0. The van der Waals surface area contributed by atoms with Crippen molar-refractivity contribution in [3.05, 3.63) is 0 Å². The van der Waals surface area contributed by atoms with Gasteiger partial charge in [0.15, 0.2) is 0 Å². The molecule has 0 heterocycles. The van der Waals surface area contributed by atoms with Gasteiger partial charge in [0.1, 0.15) is 0 Å². The van der Waals surface area contributed by atoms with E-state index in [1.54, 1.807) is 0 Å². The van der Waals surface area contributed by atoms with Crippen LogP contribution >= 0.6 is 0 Å². The van der Waals surface area contributed by atoms with Crippen molar-refractivity contribution in [2.24, 2.45) is 5.92 Å². The first-order valence-electron chi connectivity index (χ1n) is 9.85. The molecule has 0 saturated carbocycles. The monoisotopic (exact) mass is 298 g/mol. The standard InChI is InChI=1S/C20H42O/c1-4-18-21-19-16-14-12-10-8-6-5-7-9-11-13-15-17-20(2)3/h20H,4-19H2,1-3H3. The third-order valence-electron chi connectivity index (χ3n) is 4.17. The molecule has 0 aromatic heterocycles. The van der Waals surface area contributed by atoms with Crippen molar-refractivity contribution in [3.8, 4) is 0 Å². The Balaban J connectivity index is 2.93. The quantitative estimate of drug-likeness (QED) is 0.259. The Morgan fingerprint density at radius 2 is 1.00 bits per heavy atom. The van der Waals surface area contributed by atoms with Gasteiger partial charge in [-0.15, -0.1) is 0 Å². The summed E-state index contributed by atoms with van der Waals surface area (Å²) in [5.41, 5.74) is 0. The number of ether oxygens (including phenoxy) is 1. The minimum absolute atomic E-state index is 0.892. The van der Waals surface area contributed by atoms with Crippen LogP contribution in [0.5, 0.6) is 0 Å². The van der Waals surface area contributed by atoms with Gasteiger partial charge in [0.05, 0.1) is 0 Å². The number of rotatable bonds is 17. The number of unbranched alkanes of at least 4 members (excludes halogenated alkanes) is 11. The zero-order valence-corrected chi connectivity index (χ0v) is 15.3. The highest BCUT2D eigenvalue weighted by molar-refractivity contribution is 4.50. The first-order valence-corrected chi connectivity index (χ1v) is 9.85. The lowest BCUT2D eigenvalue weighted by Gasteiger charge is -2.05. The van der Waals surface area contributed by atoms with E-state index in [9.17, 15) is 0 Å². The minimum atomic E-state index is 0.892. The molecule has 0 aliphatic heterocycles. The highest BCUT2D eigenvalue weighted by Gasteiger charge is 1.96. The molecule has 0 aromatic rings. The normalized spacial score (nSPS) is 11.4. The Morgan fingerprint density at radius 1 is 0.571 bits per heavy atom. The first-order chi connectivity index (χ1) is 10.3. The van der Waals surface area contributed by atoms with Crippen molar-refractivity contribution in [1.82, 2.24) is 0 Å². The van der Waals surface area contributed by atoms with E-state index in [4.69, 9.17) is 4.74 Å². The van der Waals surface area contributed by atoms with E-state index in [0.29, 0.717) is 0 Å². The van der Waals surface area contributed by atoms with Gasteiger partial charge >= 0.3 is 0 Å². The largest absolute Gasteiger partial charge is 0.381 e. The second-order valence-corrected chi connectivity index (χ2v) is 7.04. The molecule has 0 radical (unpaired) electrons. The fraction of sp³-hybridized carbons (Fsp3) is 1.00. The fourth-order valence-electron chi connectivity index (χ4n) is 2.77. The molecule has 0 aromatic carbocycles. The van der Waals surface area contributed by atoms with Crippen molar-refractivity contribution in [1.29, 1.82) is 0 Å². The van der Waals surface area contributed by atoms with Crippen LogP contribution in [0.1, 0.15) is 111 Å². The fourth-order valence-corrected chi connectivity index (χ4v) is 2.77. The Morgan fingerprint density at radius 3 is 1.43 bits per heavy atom. The van der Waals surface area contributed by atoms with Crippen molar-refractivity contribution in [3.63, 3.8) is 0 Å². The van der Waals surface area contributed by atoms with Crippen LogP contribution in [0, 0.1) is 5.92 Å². The summed E-state index contributed by atoms with van der Waals surface area (Å²) in [6.07, 6.45) is 19.7. The molecule has 0 aliphatic rings. The molecule has 0 spiro atoms. The number of hydrogen-bond donors (Lipinski definition) is 0. The second kappa shape index (κ2) is 18.0. The molecule has 0 saturated heterocycles. The molecule has 1 nitrogen and oxygen atoms in total. The van der Waals surface area contributed by atoms with Crippen LogP contribution in [-0.4, -0.2) is 13.2 Å². The topological polar surface area (TPSA) is 9.23 Å². The van der Waals surface area contributed by atoms with Crippen LogP contribution in [0.3, 0.4) is 0 Å². The smallest absolute Gasteiger partial charge is 0.0466 e. The van der Waals surface area contributed by atoms with Crippen molar-refractivity contribution in [2.45, 2.75) is 111 Å². The van der Waals surface area contributed by atoms with Gasteiger partial charge < -0.3 is 4.74 Å². The summed E-state index contributed by atoms with van der Waals surface area (Å²) in [6.45, 7) is 8.75. The molecule has 1 heteroatoms. The van der Waals surface area contributed by atoms with Crippen molar-refractivity contribution >= 4 is 0 Å². The molecule has 0 rings (SSSR count). The highest BCUT2D eigenvalue weighted by Crippen LogP contribution is 2.14. The maximum Gasteiger partial charge on any atom is 0.0466 e. The maximum atomic E-state index is 5.50. The number of hydrogen-bond acceptors (Lipinski definition) is 1. The average Bonchev–Trinajstić information content (AvgIpc) is 2.46. The third-order valence-corrected chi connectivity index (χ3v) is 4.17. The predicted molar refractivity (Wildman–Crippen MR) is 96.0 cm³/mol. The van der Waals surface area contributed by atoms with Crippen LogP contribution in [0.15, 0.2) is 0 Å². The van der Waals surface area contributed by atoms with E-state index in [1.807, 2.05) is 0 Å². The van der Waals surface area contributed by atoms with Crippen LogP contribution in [0.25, 0.3) is 0 Å². The molecule has 0 unspecified atom stereocenters. The molecular formula is C20H42O. The molecule has 0 N–H and O–H groups in total. The van der Waals surface area contributed by atoms with E-state index in [2.05, 4.69) is 20.8 Å². The summed E-state index contributed by atoms with van der Waals surface area (Å²) in [7, 11) is 0. The van der Waals surface area contributed by atoms with Gasteiger partial charge in [-0.2, -0.15) is 0 Å². The second-order valence-electron chi connectivity index (χ2n) is 7.04. The highest BCUT2D eigenvalue weighted by atomic mass is 16.5. The van der Waals surface area contributed by atoms with Gasteiger partial charge in [-0.25, -0.2) is 0 Å². The maximum absolute atomic E-state index is 5.50. The molecule has 21 heavy (non-hydrogen) atoms. The molecule has 128 valence electrons. The molecule has 0 fully saturated rings. The predicted octanol–water partition coefficient (Wildman–Crippen LogP) is 7.14. The SMILES string of the molecule is CCCOCCCCCCCCCCCCCCC(C)C. The van der Waals surface area contributed by atoms with Gasteiger partial charge in [-0.3, -0.25) is 0 Å². The zero-order valence-electron chi connectivity index (χ0n) is 15.3. The Bertz CT molecular complexity index is 177. The van der Waals surface area contributed by atoms with E-state index in [-0.39, 0.29) is 0 Å². The summed E-state index contributed by atoms with van der Waals surface area (Å²) >= 11 is 0. The lowest BCUT2D eigenvalue weighted by molar-refractivity contribution is 0.130. The molecule has 0 bridgehead atoms. The van der Waals surface area contributed by atoms with Gasteiger partial charge in [0, 0.05) is 13.2 Å². The average molecular weight is 299 g/mol. The molecule has 0 atom stereocenters. The van der Waals surface area contributed by atoms with Crippen LogP contribution in [0.4, 0.5) is 0 Å². The Hall–Kier alpha value is -0.0400. The molecular weight excluding hydrogens is 256 g/mol. The van der Waals surface area contributed by atoms with Crippen LogP contribution in [0.2, 0.25) is 0 Å². The summed E-state index contributed by atoms with van der Waals surface area (Å²) in [5.74, 6) is 0.892. The van der Waals surface area contributed by atoms with Gasteiger partial charge in [-0.05, 0) is 18.8 Å². The Labute approximate surface area is 135 Å². The van der Waals surface area contributed by atoms with Crippen molar-refractivity contribution in [2.75, 3.05) is 13.2 Å². The molecule has 0 aliphatic carbocycles. The van der Waals surface area contributed by atoms with E-state index in [0.717, 1.165) is 25.6 Å². The lowest BCUT2D eigenvalue weighted by Crippen LogP contribution is -1.95. The molecule has 0 amide bonds. The first kappa shape index (κ1) is 21.0. The van der Waals surface area contributed by atoms with Gasteiger partial charge in [-0.1, -0.05) is 97.8 Å². The van der Waals surface area contributed by atoms with Crippen LogP contribution < -0.4 is 0 Å². The summed E-state index contributed by atoms with van der Waals surface area (Å²) in [6, 6.07) is 0. The van der Waals surface area contributed by atoms with Crippen LogP contribution in [-0.2, 0) is 4.74 Å². The summed E-state index contributed by atoms with van der Waals surface area (Å²) in [5, 5.41) is 0. The summed E-state index contributed by atoms with van der Waals surface area (Å²) < 4.78 is 5.50. The van der Waals surface area contributed by atoms with Gasteiger partial charge in [0.25, 0.3) is 0 Å². The Kier molecular flexibility index (Phi) is 18.0.